The van der Waals surface area contributed by atoms with E-state index in [9.17, 15) is 0 Å². The van der Waals surface area contributed by atoms with E-state index in [2.05, 4.69) is 41.3 Å². The maximum atomic E-state index is 4.45. The van der Waals surface area contributed by atoms with E-state index in [1.807, 2.05) is 36.5 Å². The normalized spacial score (nSPS) is 10.9. The fourth-order valence-electron chi connectivity index (χ4n) is 2.45. The highest BCUT2D eigenvalue weighted by Gasteiger charge is 2.05. The van der Waals surface area contributed by atoms with Crippen LogP contribution in [-0.4, -0.2) is 24.7 Å². The standard InChI is InChI=1S/C17H13BrN6/c18-13-9-15-17(22-11-13)14(3-6-19-15)21-10-12-2-5-20-16(8-12)24-7-1-4-23-24/h1-9,11H,10H2,(H,19,21). The Bertz CT molecular complexity index is 983. The summed E-state index contributed by atoms with van der Waals surface area (Å²) in [5.41, 5.74) is 3.76. The average Bonchev–Trinajstić information content (AvgIpc) is 3.14. The molecule has 4 aromatic heterocycles. The van der Waals surface area contributed by atoms with E-state index in [4.69, 9.17) is 0 Å². The van der Waals surface area contributed by atoms with Gasteiger partial charge in [0.25, 0.3) is 0 Å². The summed E-state index contributed by atoms with van der Waals surface area (Å²) in [6.45, 7) is 0.660. The second-order valence-corrected chi connectivity index (χ2v) is 6.12. The van der Waals surface area contributed by atoms with Crippen LogP contribution in [0.4, 0.5) is 5.69 Å². The van der Waals surface area contributed by atoms with Crippen molar-refractivity contribution in [1.29, 1.82) is 0 Å². The van der Waals surface area contributed by atoms with E-state index >= 15 is 0 Å². The first-order valence-electron chi connectivity index (χ1n) is 7.39. The van der Waals surface area contributed by atoms with Crippen LogP contribution in [0.1, 0.15) is 5.56 Å². The first-order chi connectivity index (χ1) is 11.8. The van der Waals surface area contributed by atoms with Gasteiger partial charge in [-0.1, -0.05) is 0 Å². The van der Waals surface area contributed by atoms with Crippen LogP contribution in [0.25, 0.3) is 16.9 Å². The molecule has 0 aliphatic rings. The zero-order valence-electron chi connectivity index (χ0n) is 12.6. The van der Waals surface area contributed by atoms with Gasteiger partial charge in [-0.3, -0.25) is 9.97 Å². The first kappa shape index (κ1) is 14.8. The lowest BCUT2D eigenvalue weighted by Gasteiger charge is -2.10. The third-order valence-corrected chi connectivity index (χ3v) is 4.01. The highest BCUT2D eigenvalue weighted by atomic mass is 79.9. The molecular weight excluding hydrogens is 368 g/mol. The molecule has 4 rings (SSSR count). The second kappa shape index (κ2) is 6.37. The smallest absolute Gasteiger partial charge is 0.153 e. The number of fused-ring (bicyclic) bond motifs is 1. The molecule has 118 valence electrons. The van der Waals surface area contributed by atoms with Crippen molar-refractivity contribution in [2.24, 2.45) is 0 Å². The quantitative estimate of drug-likeness (QED) is 0.585. The minimum atomic E-state index is 0.660. The molecule has 0 aliphatic heterocycles. The molecule has 7 heteroatoms. The Balaban J connectivity index is 1.58. The summed E-state index contributed by atoms with van der Waals surface area (Å²) in [6, 6.07) is 9.74. The fraction of sp³-hybridized carbons (Fsp3) is 0.0588. The molecule has 0 unspecified atom stereocenters. The summed E-state index contributed by atoms with van der Waals surface area (Å²) in [4.78, 5) is 13.1. The highest BCUT2D eigenvalue weighted by Crippen LogP contribution is 2.22. The van der Waals surface area contributed by atoms with Crippen molar-refractivity contribution in [3.05, 3.63) is 71.4 Å². The van der Waals surface area contributed by atoms with Gasteiger partial charge in [-0.15, -0.1) is 0 Å². The molecule has 0 saturated carbocycles. The van der Waals surface area contributed by atoms with Crippen molar-refractivity contribution >= 4 is 32.7 Å². The summed E-state index contributed by atoms with van der Waals surface area (Å²) in [5, 5.41) is 7.63. The number of rotatable bonds is 4. The fourth-order valence-corrected chi connectivity index (χ4v) is 2.76. The third kappa shape index (κ3) is 2.98. The van der Waals surface area contributed by atoms with E-state index in [1.165, 1.54) is 0 Å². The molecule has 0 aliphatic carbocycles. The van der Waals surface area contributed by atoms with Gasteiger partial charge in [0.15, 0.2) is 5.82 Å². The first-order valence-corrected chi connectivity index (χ1v) is 8.18. The molecule has 4 heterocycles. The van der Waals surface area contributed by atoms with Crippen molar-refractivity contribution in [3.63, 3.8) is 0 Å². The number of nitrogens with one attached hydrogen (secondary N) is 1. The average molecular weight is 381 g/mol. The van der Waals surface area contributed by atoms with Gasteiger partial charge in [0.05, 0.1) is 11.2 Å². The van der Waals surface area contributed by atoms with Crippen LogP contribution in [0.2, 0.25) is 0 Å². The van der Waals surface area contributed by atoms with E-state index in [0.717, 1.165) is 32.6 Å². The van der Waals surface area contributed by atoms with Crippen LogP contribution in [0.3, 0.4) is 0 Å². The SMILES string of the molecule is Brc1cnc2c(NCc3ccnc(-n4cccn4)c3)ccnc2c1. The number of nitrogens with zero attached hydrogens (tertiary/aromatic N) is 5. The number of hydrogen-bond donors (Lipinski definition) is 1. The summed E-state index contributed by atoms with van der Waals surface area (Å²) in [6.07, 6.45) is 8.95. The van der Waals surface area contributed by atoms with Gasteiger partial charge < -0.3 is 5.32 Å². The Kier molecular flexibility index (Phi) is 3.92. The van der Waals surface area contributed by atoms with Crippen LogP contribution in [-0.2, 0) is 6.54 Å². The molecule has 4 aromatic rings. The Morgan fingerprint density at radius 1 is 1.04 bits per heavy atom. The molecule has 0 amide bonds. The van der Waals surface area contributed by atoms with Gasteiger partial charge in [-0.2, -0.15) is 5.10 Å². The van der Waals surface area contributed by atoms with Gasteiger partial charge in [0.2, 0.25) is 0 Å². The van der Waals surface area contributed by atoms with Gasteiger partial charge in [0, 0.05) is 42.0 Å². The zero-order chi connectivity index (χ0) is 16.4. The molecular formula is C17H13BrN6. The van der Waals surface area contributed by atoms with E-state index < -0.39 is 0 Å². The molecule has 1 N–H and O–H groups in total. The Hall–Kier alpha value is -2.80. The number of hydrogen-bond acceptors (Lipinski definition) is 5. The topological polar surface area (TPSA) is 68.5 Å². The van der Waals surface area contributed by atoms with Crippen LogP contribution in [0.5, 0.6) is 0 Å². The lowest BCUT2D eigenvalue weighted by atomic mass is 10.2. The molecule has 0 atom stereocenters. The van der Waals surface area contributed by atoms with Crippen LogP contribution >= 0.6 is 15.9 Å². The molecule has 0 fully saturated rings. The number of pyridine rings is 3. The lowest BCUT2D eigenvalue weighted by Crippen LogP contribution is -2.04. The Morgan fingerprint density at radius 2 is 1.96 bits per heavy atom. The van der Waals surface area contributed by atoms with Gasteiger partial charge in [0.1, 0.15) is 5.52 Å². The largest absolute Gasteiger partial charge is 0.379 e. The van der Waals surface area contributed by atoms with Crippen molar-refractivity contribution in [2.45, 2.75) is 6.54 Å². The van der Waals surface area contributed by atoms with Crippen LogP contribution in [0.15, 0.2) is 65.8 Å². The molecule has 0 aromatic carbocycles. The van der Waals surface area contributed by atoms with Crippen LogP contribution in [0, 0.1) is 0 Å². The Morgan fingerprint density at radius 3 is 2.83 bits per heavy atom. The highest BCUT2D eigenvalue weighted by molar-refractivity contribution is 9.10. The molecule has 0 spiro atoms. The molecule has 6 nitrogen and oxygen atoms in total. The van der Waals surface area contributed by atoms with Crippen molar-refractivity contribution < 1.29 is 0 Å². The van der Waals surface area contributed by atoms with E-state index in [-0.39, 0.29) is 0 Å². The molecule has 24 heavy (non-hydrogen) atoms. The number of halogens is 1. The van der Waals surface area contributed by atoms with Gasteiger partial charge >= 0.3 is 0 Å². The predicted octanol–water partition coefficient (Wildman–Crippen LogP) is 3.59. The summed E-state index contributed by atoms with van der Waals surface area (Å²) in [5.74, 6) is 0.793. The number of aromatic nitrogens is 5. The molecule has 0 radical (unpaired) electrons. The van der Waals surface area contributed by atoms with Crippen molar-refractivity contribution in [3.8, 4) is 5.82 Å². The minimum absolute atomic E-state index is 0.660. The van der Waals surface area contributed by atoms with Gasteiger partial charge in [-0.05, 0) is 51.8 Å². The molecule has 0 bridgehead atoms. The van der Waals surface area contributed by atoms with E-state index in [0.29, 0.717) is 6.54 Å². The third-order valence-electron chi connectivity index (χ3n) is 3.58. The van der Waals surface area contributed by atoms with Crippen molar-refractivity contribution in [1.82, 2.24) is 24.7 Å². The monoisotopic (exact) mass is 380 g/mol. The zero-order valence-corrected chi connectivity index (χ0v) is 14.2. The summed E-state index contributed by atoms with van der Waals surface area (Å²) < 4.78 is 2.65. The Labute approximate surface area is 146 Å². The van der Waals surface area contributed by atoms with Gasteiger partial charge in [-0.25, -0.2) is 9.67 Å². The summed E-state index contributed by atoms with van der Waals surface area (Å²) in [7, 11) is 0. The second-order valence-electron chi connectivity index (χ2n) is 5.21. The number of anilines is 1. The molecule has 0 saturated heterocycles. The van der Waals surface area contributed by atoms with Crippen LogP contribution < -0.4 is 5.32 Å². The van der Waals surface area contributed by atoms with Crippen molar-refractivity contribution in [2.75, 3.05) is 5.32 Å². The summed E-state index contributed by atoms with van der Waals surface area (Å²) >= 11 is 3.42. The van der Waals surface area contributed by atoms with E-state index in [1.54, 1.807) is 29.5 Å². The maximum Gasteiger partial charge on any atom is 0.153 e. The lowest BCUT2D eigenvalue weighted by molar-refractivity contribution is 0.843. The minimum Gasteiger partial charge on any atom is -0.379 e. The maximum absolute atomic E-state index is 4.45. The predicted molar refractivity (Wildman–Crippen MR) is 95.9 cm³/mol.